The smallest absolute Gasteiger partial charge is 0.337 e. The molecule has 0 atom stereocenters. The molecule has 6 heteroatoms. The Bertz CT molecular complexity index is 1380. The van der Waals surface area contributed by atoms with E-state index in [4.69, 9.17) is 4.74 Å². The highest BCUT2D eigenvalue weighted by atomic mass is 16.6. The lowest BCUT2D eigenvalue weighted by molar-refractivity contribution is -0.385. The summed E-state index contributed by atoms with van der Waals surface area (Å²) in [5, 5.41) is 12.5. The second-order valence-corrected chi connectivity index (χ2v) is 7.83. The van der Waals surface area contributed by atoms with Crippen LogP contribution in [0.4, 0.5) is 5.69 Å². The van der Waals surface area contributed by atoms with Crippen LogP contribution in [-0.2, 0) is 17.7 Å². The van der Waals surface area contributed by atoms with Crippen LogP contribution in [0, 0.1) is 17.0 Å². The van der Waals surface area contributed by atoms with E-state index in [9.17, 15) is 14.9 Å². The van der Waals surface area contributed by atoms with Crippen molar-refractivity contribution in [3.8, 4) is 11.3 Å². The van der Waals surface area contributed by atoms with Gasteiger partial charge in [-0.3, -0.25) is 10.1 Å². The number of carbonyl (C=O) groups is 1. The van der Waals surface area contributed by atoms with Crippen LogP contribution < -0.4 is 0 Å². The summed E-state index contributed by atoms with van der Waals surface area (Å²) >= 11 is 0. The molecular weight excluding hydrogens is 392 g/mol. The van der Waals surface area contributed by atoms with Crippen LogP contribution in [0.1, 0.15) is 32.6 Å². The lowest BCUT2D eigenvalue weighted by Crippen LogP contribution is -2.11. The Morgan fingerprint density at radius 1 is 1.03 bits per heavy atom. The average molecular weight is 412 g/mol. The third kappa shape index (κ3) is 2.99. The van der Waals surface area contributed by atoms with Gasteiger partial charge in [0, 0.05) is 34.6 Å². The molecule has 0 spiro atoms. The molecule has 0 N–H and O–H groups in total. The Morgan fingerprint density at radius 3 is 2.55 bits per heavy atom. The fraction of sp³-hybridized carbons (Fsp3) is 0.160. The number of nitro benzene ring substituents is 1. The molecule has 0 bridgehead atoms. The molecule has 0 unspecified atom stereocenters. The normalized spacial score (nSPS) is 12.3. The number of nitro groups is 1. The first-order valence-electron chi connectivity index (χ1n) is 10.0. The number of ether oxygens (including phenoxy) is 1. The second-order valence-electron chi connectivity index (χ2n) is 7.83. The van der Waals surface area contributed by atoms with Crippen molar-refractivity contribution in [3.63, 3.8) is 0 Å². The molecule has 0 amide bonds. The summed E-state index contributed by atoms with van der Waals surface area (Å²) in [6, 6.07) is 19.3. The van der Waals surface area contributed by atoms with Crippen molar-refractivity contribution in [2.75, 3.05) is 7.11 Å². The van der Waals surface area contributed by atoms with Crippen molar-refractivity contribution < 1.29 is 14.5 Å². The number of esters is 1. The van der Waals surface area contributed by atoms with Crippen LogP contribution >= 0.6 is 0 Å². The number of fused-ring (bicyclic) bond motifs is 6. The lowest BCUT2D eigenvalue weighted by Gasteiger charge is -2.22. The molecule has 154 valence electrons. The monoisotopic (exact) mass is 412 g/mol. The third-order valence-electron chi connectivity index (χ3n) is 6.13. The maximum absolute atomic E-state index is 12.0. The molecule has 2 heterocycles. The number of methoxy groups -OCH3 is 1. The van der Waals surface area contributed by atoms with Gasteiger partial charge in [-0.2, -0.15) is 0 Å². The van der Waals surface area contributed by atoms with Crippen LogP contribution in [0.15, 0.2) is 60.7 Å². The standard InChI is InChI=1S/C25H20N2O4/c1-15-21(27(29)30)9-7-17-11-16-5-3-4-6-19(16)14-26-22-10-8-18(25(28)31-2)12-20(22)13-23(26)24(15)17/h3-10,12-13H,11,14H2,1-2H3. The first-order valence-corrected chi connectivity index (χ1v) is 10.0. The fourth-order valence-electron chi connectivity index (χ4n) is 4.61. The Kier molecular flexibility index (Phi) is 4.36. The van der Waals surface area contributed by atoms with E-state index in [-0.39, 0.29) is 10.6 Å². The van der Waals surface area contributed by atoms with Gasteiger partial charge in [-0.1, -0.05) is 30.3 Å². The van der Waals surface area contributed by atoms with Crippen LogP contribution in [0.2, 0.25) is 0 Å². The van der Waals surface area contributed by atoms with Gasteiger partial charge in [0.15, 0.2) is 0 Å². The highest BCUT2D eigenvalue weighted by Crippen LogP contribution is 2.40. The maximum Gasteiger partial charge on any atom is 0.337 e. The molecule has 31 heavy (non-hydrogen) atoms. The lowest BCUT2D eigenvalue weighted by atomic mass is 9.90. The number of hydrogen-bond donors (Lipinski definition) is 0. The summed E-state index contributed by atoms with van der Waals surface area (Å²) < 4.78 is 7.05. The molecular formula is C25H20N2O4. The van der Waals surface area contributed by atoms with E-state index < -0.39 is 5.97 Å². The van der Waals surface area contributed by atoms with Gasteiger partial charge in [0.05, 0.1) is 23.3 Å². The van der Waals surface area contributed by atoms with Crippen LogP contribution in [0.5, 0.6) is 0 Å². The van der Waals surface area contributed by atoms with E-state index in [1.807, 2.05) is 43.3 Å². The number of carbonyl (C=O) groups excluding carboxylic acids is 1. The molecule has 0 radical (unpaired) electrons. The van der Waals surface area contributed by atoms with E-state index in [1.165, 1.54) is 18.2 Å². The molecule has 1 aromatic heterocycles. The van der Waals surface area contributed by atoms with Gasteiger partial charge in [0.1, 0.15) is 0 Å². The van der Waals surface area contributed by atoms with Crippen molar-refractivity contribution in [1.29, 1.82) is 0 Å². The van der Waals surface area contributed by atoms with E-state index >= 15 is 0 Å². The number of benzene rings is 3. The van der Waals surface area contributed by atoms with Crippen LogP contribution in [-0.4, -0.2) is 22.6 Å². The van der Waals surface area contributed by atoms with E-state index in [1.54, 1.807) is 12.1 Å². The maximum atomic E-state index is 12.0. The summed E-state index contributed by atoms with van der Waals surface area (Å²) in [6.07, 6.45) is 0.708. The highest BCUT2D eigenvalue weighted by molar-refractivity contribution is 5.97. The number of nitrogens with zero attached hydrogens (tertiary/aromatic N) is 2. The summed E-state index contributed by atoms with van der Waals surface area (Å²) in [7, 11) is 1.36. The Morgan fingerprint density at radius 2 is 1.81 bits per heavy atom. The first-order chi connectivity index (χ1) is 15.0. The van der Waals surface area contributed by atoms with Gasteiger partial charge < -0.3 is 9.30 Å². The van der Waals surface area contributed by atoms with Crippen molar-refractivity contribution in [3.05, 3.63) is 98.6 Å². The summed E-state index contributed by atoms with van der Waals surface area (Å²) in [4.78, 5) is 23.4. The van der Waals surface area contributed by atoms with Gasteiger partial charge in [0.2, 0.25) is 0 Å². The predicted octanol–water partition coefficient (Wildman–Crippen LogP) is 5.26. The average Bonchev–Trinajstić information content (AvgIpc) is 3.09. The number of aromatic nitrogens is 1. The Hall–Kier alpha value is -3.93. The largest absolute Gasteiger partial charge is 0.465 e. The van der Waals surface area contributed by atoms with E-state index in [0.717, 1.165) is 27.7 Å². The summed E-state index contributed by atoms with van der Waals surface area (Å²) in [5.41, 5.74) is 7.48. The number of rotatable bonds is 2. The molecule has 6 nitrogen and oxygen atoms in total. The summed E-state index contributed by atoms with van der Waals surface area (Å²) in [5.74, 6) is -0.391. The third-order valence-corrected chi connectivity index (χ3v) is 6.13. The molecule has 0 aliphatic carbocycles. The minimum atomic E-state index is -0.391. The van der Waals surface area contributed by atoms with E-state index in [2.05, 4.69) is 16.7 Å². The molecule has 0 fully saturated rings. The quantitative estimate of drug-likeness (QED) is 0.225. The van der Waals surface area contributed by atoms with Crippen molar-refractivity contribution in [1.82, 2.24) is 4.57 Å². The molecule has 1 aliphatic rings. The van der Waals surface area contributed by atoms with Crippen molar-refractivity contribution in [2.24, 2.45) is 0 Å². The molecule has 1 aliphatic heterocycles. The SMILES string of the molecule is COC(=O)c1ccc2c(c1)cc1n2Cc2ccccc2Cc2ccc([N+](=O)[O-])c(C)c2-1. The Labute approximate surface area is 178 Å². The molecule has 0 saturated carbocycles. The fourth-order valence-corrected chi connectivity index (χ4v) is 4.61. The minimum absolute atomic E-state index is 0.111. The number of hydrogen-bond acceptors (Lipinski definition) is 4. The van der Waals surface area contributed by atoms with Gasteiger partial charge in [0.25, 0.3) is 5.69 Å². The molecule has 5 rings (SSSR count). The first kappa shape index (κ1) is 19.1. The zero-order chi connectivity index (χ0) is 21.7. The highest BCUT2D eigenvalue weighted by Gasteiger charge is 2.25. The van der Waals surface area contributed by atoms with Crippen molar-refractivity contribution in [2.45, 2.75) is 19.9 Å². The van der Waals surface area contributed by atoms with Gasteiger partial charge in [-0.25, -0.2) is 4.79 Å². The zero-order valence-electron chi connectivity index (χ0n) is 17.2. The van der Waals surface area contributed by atoms with E-state index in [0.29, 0.717) is 24.1 Å². The van der Waals surface area contributed by atoms with Crippen LogP contribution in [0.3, 0.4) is 0 Å². The molecule has 3 aromatic carbocycles. The molecule has 0 saturated heterocycles. The zero-order valence-corrected chi connectivity index (χ0v) is 17.2. The van der Waals surface area contributed by atoms with Gasteiger partial charge >= 0.3 is 5.97 Å². The van der Waals surface area contributed by atoms with Crippen LogP contribution in [0.25, 0.3) is 22.2 Å². The topological polar surface area (TPSA) is 74.4 Å². The van der Waals surface area contributed by atoms with Gasteiger partial charge in [-0.15, -0.1) is 0 Å². The second kappa shape index (κ2) is 7.09. The Balaban J connectivity index is 1.85. The molecule has 4 aromatic rings. The predicted molar refractivity (Wildman–Crippen MR) is 118 cm³/mol. The minimum Gasteiger partial charge on any atom is -0.465 e. The van der Waals surface area contributed by atoms with Gasteiger partial charge in [-0.05, 0) is 54.3 Å². The summed E-state index contributed by atoms with van der Waals surface area (Å²) in [6.45, 7) is 2.46. The van der Waals surface area contributed by atoms with Crippen molar-refractivity contribution >= 4 is 22.6 Å².